The van der Waals surface area contributed by atoms with Crippen molar-refractivity contribution in [3.8, 4) is 0 Å². The van der Waals surface area contributed by atoms with Gasteiger partial charge in [-0.3, -0.25) is 0 Å². The van der Waals surface area contributed by atoms with E-state index in [2.05, 4.69) is 28.7 Å². The van der Waals surface area contributed by atoms with Gasteiger partial charge < -0.3 is 4.90 Å². The molecular formula is C8H13N3. The molecule has 0 atom stereocenters. The zero-order valence-electron chi connectivity index (χ0n) is 7.15. The Kier molecular flexibility index (Phi) is 2.41. The molecule has 1 rings (SSSR count). The van der Waals surface area contributed by atoms with Gasteiger partial charge in [0.15, 0.2) is 0 Å². The maximum atomic E-state index is 4.11. The molecule has 0 aliphatic rings. The molecule has 60 valence electrons. The second-order valence-corrected chi connectivity index (χ2v) is 2.77. The van der Waals surface area contributed by atoms with Crippen molar-refractivity contribution in [2.45, 2.75) is 19.9 Å². The number of nitrogens with zero attached hydrogens (tertiary/aromatic N) is 3. The summed E-state index contributed by atoms with van der Waals surface area (Å²) in [6, 6.07) is 2.38. The molecule has 1 aromatic rings. The lowest BCUT2D eigenvalue weighted by Gasteiger charge is -2.21. The summed E-state index contributed by atoms with van der Waals surface area (Å²) in [6.07, 6.45) is 3.31. The maximum absolute atomic E-state index is 4.11. The monoisotopic (exact) mass is 151 g/mol. The Labute approximate surface area is 67.1 Å². The number of rotatable bonds is 2. The molecule has 0 unspecified atom stereocenters. The molecule has 0 aliphatic heterocycles. The first kappa shape index (κ1) is 7.98. The molecule has 0 N–H and O–H groups in total. The third kappa shape index (κ3) is 1.90. The third-order valence-corrected chi connectivity index (χ3v) is 1.70. The Hall–Kier alpha value is -1.12. The fourth-order valence-electron chi connectivity index (χ4n) is 0.757. The number of aromatic nitrogens is 2. The van der Waals surface area contributed by atoms with Crippen LogP contribution in [0.5, 0.6) is 0 Å². The molecule has 0 aromatic carbocycles. The minimum Gasteiger partial charge on any atom is -0.357 e. The minimum absolute atomic E-state index is 0.477. The van der Waals surface area contributed by atoms with Gasteiger partial charge >= 0.3 is 0 Å². The third-order valence-electron chi connectivity index (χ3n) is 1.70. The van der Waals surface area contributed by atoms with Crippen LogP contribution in [0.15, 0.2) is 18.6 Å². The summed E-state index contributed by atoms with van der Waals surface area (Å²) in [5.41, 5.74) is 0. The molecule has 0 aliphatic carbocycles. The van der Waals surface area contributed by atoms with E-state index in [1.54, 1.807) is 12.5 Å². The first-order valence-corrected chi connectivity index (χ1v) is 3.70. The van der Waals surface area contributed by atoms with Crippen LogP contribution in [-0.4, -0.2) is 23.1 Å². The van der Waals surface area contributed by atoms with E-state index in [0.29, 0.717) is 6.04 Å². The average Bonchev–Trinajstić information content (AvgIpc) is 2.05. The zero-order valence-corrected chi connectivity index (χ0v) is 7.15. The van der Waals surface area contributed by atoms with Crippen LogP contribution < -0.4 is 4.90 Å². The summed E-state index contributed by atoms with van der Waals surface area (Å²) in [7, 11) is 2.02. The Bertz CT molecular complexity index is 208. The first-order chi connectivity index (χ1) is 5.22. The highest BCUT2D eigenvalue weighted by molar-refractivity contribution is 5.35. The van der Waals surface area contributed by atoms with Gasteiger partial charge in [-0.15, -0.1) is 0 Å². The van der Waals surface area contributed by atoms with Crippen molar-refractivity contribution >= 4 is 5.82 Å². The number of hydrogen-bond acceptors (Lipinski definition) is 3. The van der Waals surface area contributed by atoms with Gasteiger partial charge in [0.2, 0.25) is 0 Å². The molecular weight excluding hydrogens is 138 g/mol. The van der Waals surface area contributed by atoms with E-state index in [-0.39, 0.29) is 0 Å². The second-order valence-electron chi connectivity index (χ2n) is 2.77. The highest BCUT2D eigenvalue weighted by atomic mass is 15.2. The van der Waals surface area contributed by atoms with Crippen LogP contribution in [-0.2, 0) is 0 Å². The Morgan fingerprint density at radius 2 is 2.18 bits per heavy atom. The molecule has 0 spiro atoms. The van der Waals surface area contributed by atoms with Gasteiger partial charge in [-0.2, -0.15) is 0 Å². The lowest BCUT2D eigenvalue weighted by molar-refractivity contribution is 0.741. The maximum Gasteiger partial charge on any atom is 0.131 e. The van der Waals surface area contributed by atoms with E-state index in [9.17, 15) is 0 Å². The lowest BCUT2D eigenvalue weighted by Crippen LogP contribution is -2.26. The molecule has 0 radical (unpaired) electrons. The van der Waals surface area contributed by atoms with Crippen molar-refractivity contribution in [3.05, 3.63) is 18.6 Å². The molecule has 0 amide bonds. The van der Waals surface area contributed by atoms with Crippen molar-refractivity contribution in [2.75, 3.05) is 11.9 Å². The Morgan fingerprint density at radius 3 is 2.64 bits per heavy atom. The van der Waals surface area contributed by atoms with Crippen molar-refractivity contribution < 1.29 is 0 Å². The Balaban J connectivity index is 2.77. The summed E-state index contributed by atoms with van der Waals surface area (Å²) in [5, 5.41) is 0. The highest BCUT2D eigenvalue weighted by Crippen LogP contribution is 2.08. The van der Waals surface area contributed by atoms with Gasteiger partial charge in [-0.25, -0.2) is 9.97 Å². The van der Waals surface area contributed by atoms with Gasteiger partial charge in [0, 0.05) is 19.3 Å². The summed E-state index contributed by atoms with van der Waals surface area (Å²) in [5.74, 6) is 0.968. The molecule has 0 saturated heterocycles. The summed E-state index contributed by atoms with van der Waals surface area (Å²) < 4.78 is 0. The van der Waals surface area contributed by atoms with Crippen LogP contribution in [0.1, 0.15) is 13.8 Å². The van der Waals surface area contributed by atoms with Crippen LogP contribution >= 0.6 is 0 Å². The first-order valence-electron chi connectivity index (χ1n) is 3.70. The van der Waals surface area contributed by atoms with Crippen molar-refractivity contribution in [3.63, 3.8) is 0 Å². The highest BCUT2D eigenvalue weighted by Gasteiger charge is 2.03. The van der Waals surface area contributed by atoms with E-state index in [4.69, 9.17) is 0 Å². The van der Waals surface area contributed by atoms with Crippen molar-refractivity contribution in [2.24, 2.45) is 0 Å². The smallest absolute Gasteiger partial charge is 0.131 e. The van der Waals surface area contributed by atoms with Crippen LogP contribution in [0.2, 0.25) is 0 Å². The van der Waals surface area contributed by atoms with Crippen molar-refractivity contribution in [1.29, 1.82) is 0 Å². The van der Waals surface area contributed by atoms with E-state index in [1.165, 1.54) is 0 Å². The van der Waals surface area contributed by atoms with Gasteiger partial charge in [0.1, 0.15) is 12.1 Å². The SMILES string of the molecule is CC(C)N(C)c1ccncn1. The van der Waals surface area contributed by atoms with E-state index in [0.717, 1.165) is 5.82 Å². The quantitative estimate of drug-likeness (QED) is 0.638. The molecule has 0 saturated carbocycles. The van der Waals surface area contributed by atoms with Crippen LogP contribution in [0.25, 0.3) is 0 Å². The van der Waals surface area contributed by atoms with E-state index < -0.39 is 0 Å². The fourth-order valence-corrected chi connectivity index (χ4v) is 0.757. The van der Waals surface area contributed by atoms with E-state index >= 15 is 0 Å². The van der Waals surface area contributed by atoms with Gasteiger partial charge in [0.25, 0.3) is 0 Å². The molecule has 3 nitrogen and oxygen atoms in total. The molecule has 3 heteroatoms. The predicted molar refractivity (Wildman–Crippen MR) is 45.6 cm³/mol. The summed E-state index contributed by atoms with van der Waals surface area (Å²) in [4.78, 5) is 10.1. The Morgan fingerprint density at radius 1 is 1.45 bits per heavy atom. The van der Waals surface area contributed by atoms with Crippen LogP contribution in [0.3, 0.4) is 0 Å². The summed E-state index contributed by atoms with van der Waals surface area (Å²) in [6.45, 7) is 4.25. The normalized spacial score (nSPS) is 10.2. The van der Waals surface area contributed by atoms with Crippen molar-refractivity contribution in [1.82, 2.24) is 9.97 Å². The van der Waals surface area contributed by atoms with E-state index in [1.807, 2.05) is 13.1 Å². The van der Waals surface area contributed by atoms with Gasteiger partial charge in [-0.05, 0) is 19.9 Å². The predicted octanol–water partition coefficient (Wildman–Crippen LogP) is 1.32. The molecule has 1 heterocycles. The second kappa shape index (κ2) is 3.32. The summed E-state index contributed by atoms with van der Waals surface area (Å²) >= 11 is 0. The molecule has 11 heavy (non-hydrogen) atoms. The number of hydrogen-bond donors (Lipinski definition) is 0. The van der Waals surface area contributed by atoms with Gasteiger partial charge in [-0.1, -0.05) is 0 Å². The largest absolute Gasteiger partial charge is 0.357 e. The zero-order chi connectivity index (χ0) is 8.27. The van der Waals surface area contributed by atoms with Crippen LogP contribution in [0, 0.1) is 0 Å². The molecule has 1 aromatic heterocycles. The average molecular weight is 151 g/mol. The number of anilines is 1. The molecule has 0 bridgehead atoms. The molecule has 0 fully saturated rings. The fraction of sp³-hybridized carbons (Fsp3) is 0.500. The minimum atomic E-state index is 0.477. The topological polar surface area (TPSA) is 29.0 Å². The van der Waals surface area contributed by atoms with Crippen LogP contribution in [0.4, 0.5) is 5.82 Å². The van der Waals surface area contributed by atoms with Gasteiger partial charge in [0.05, 0.1) is 0 Å². The lowest BCUT2D eigenvalue weighted by atomic mass is 10.3. The standard InChI is InChI=1S/C8H13N3/c1-7(2)11(3)8-4-5-9-6-10-8/h4-7H,1-3H3.